The van der Waals surface area contributed by atoms with E-state index in [-0.39, 0.29) is 6.61 Å². The average molecular weight is 292 g/mol. The minimum absolute atomic E-state index is 0.108. The number of nitrogens with one attached hydrogen (secondary N) is 1. The summed E-state index contributed by atoms with van der Waals surface area (Å²) in [5.41, 5.74) is 2.68. The number of nitrogens with zero attached hydrogens (tertiary/aromatic N) is 1. The fourth-order valence-corrected chi connectivity index (χ4v) is 2.68. The summed E-state index contributed by atoms with van der Waals surface area (Å²) in [6.45, 7) is 5.51. The molecule has 0 amide bonds. The van der Waals surface area contributed by atoms with Crippen molar-refractivity contribution in [2.45, 2.75) is 32.2 Å². The molecule has 1 aliphatic heterocycles. The summed E-state index contributed by atoms with van der Waals surface area (Å²) >= 11 is 0. The minimum atomic E-state index is 0.108. The topological polar surface area (TPSA) is 44.7 Å². The summed E-state index contributed by atoms with van der Waals surface area (Å²) in [4.78, 5) is 2.49. The maximum absolute atomic E-state index is 8.59. The summed E-state index contributed by atoms with van der Waals surface area (Å²) in [5.74, 6) is 0. The molecule has 2 N–H and O–H groups in total. The van der Waals surface area contributed by atoms with Crippen LogP contribution in [-0.2, 0) is 11.3 Å². The Hall–Kier alpha value is -1.10. The van der Waals surface area contributed by atoms with Gasteiger partial charge in [-0.1, -0.05) is 12.1 Å². The zero-order valence-corrected chi connectivity index (χ0v) is 12.9. The average Bonchev–Trinajstić information content (AvgIpc) is 2.55. The van der Waals surface area contributed by atoms with E-state index in [2.05, 4.69) is 34.5 Å². The summed E-state index contributed by atoms with van der Waals surface area (Å²) in [6, 6.07) is 8.93. The molecule has 0 unspecified atom stereocenters. The molecular formula is C17H28N2O2. The third kappa shape index (κ3) is 6.04. The number of anilines is 1. The van der Waals surface area contributed by atoms with Crippen molar-refractivity contribution in [2.24, 2.45) is 0 Å². The fraction of sp³-hybridized carbons (Fsp3) is 0.647. The van der Waals surface area contributed by atoms with Crippen molar-refractivity contribution in [1.82, 2.24) is 5.32 Å². The highest BCUT2D eigenvalue weighted by Crippen LogP contribution is 2.20. The van der Waals surface area contributed by atoms with Crippen molar-refractivity contribution < 1.29 is 9.84 Å². The van der Waals surface area contributed by atoms with Crippen LogP contribution in [0.25, 0.3) is 0 Å². The fourth-order valence-electron chi connectivity index (χ4n) is 2.68. The van der Waals surface area contributed by atoms with Gasteiger partial charge in [-0.2, -0.15) is 0 Å². The van der Waals surface area contributed by atoms with E-state index in [0.29, 0.717) is 13.2 Å². The lowest BCUT2D eigenvalue weighted by Crippen LogP contribution is -2.29. The minimum Gasteiger partial charge on any atom is -0.394 e. The lowest BCUT2D eigenvalue weighted by Gasteiger charge is -2.28. The van der Waals surface area contributed by atoms with Crippen LogP contribution >= 0.6 is 0 Å². The van der Waals surface area contributed by atoms with Gasteiger partial charge in [-0.15, -0.1) is 0 Å². The monoisotopic (exact) mass is 292 g/mol. The molecule has 0 atom stereocenters. The number of benzene rings is 1. The lowest BCUT2D eigenvalue weighted by molar-refractivity contribution is 0.0907. The highest BCUT2D eigenvalue weighted by molar-refractivity contribution is 5.47. The molecule has 0 spiro atoms. The molecule has 118 valence electrons. The Morgan fingerprint density at radius 1 is 1.05 bits per heavy atom. The van der Waals surface area contributed by atoms with Gasteiger partial charge >= 0.3 is 0 Å². The molecule has 1 heterocycles. The van der Waals surface area contributed by atoms with Crippen molar-refractivity contribution >= 4 is 5.69 Å². The summed E-state index contributed by atoms with van der Waals surface area (Å²) in [5, 5.41) is 12.0. The van der Waals surface area contributed by atoms with Gasteiger partial charge in [0.25, 0.3) is 0 Å². The van der Waals surface area contributed by atoms with Gasteiger partial charge in [-0.3, -0.25) is 0 Å². The molecular weight excluding hydrogens is 264 g/mol. The third-order valence-corrected chi connectivity index (χ3v) is 3.86. The SMILES string of the molecule is OCCOCCCNCc1ccc(N2CCCCC2)cc1. The Morgan fingerprint density at radius 3 is 2.52 bits per heavy atom. The van der Waals surface area contributed by atoms with Gasteiger partial charge in [0.1, 0.15) is 0 Å². The first-order valence-corrected chi connectivity index (χ1v) is 8.13. The quantitative estimate of drug-likeness (QED) is 0.685. The van der Waals surface area contributed by atoms with Crippen LogP contribution in [0, 0.1) is 0 Å². The first kappa shape index (κ1) is 16.3. The molecule has 4 nitrogen and oxygen atoms in total. The molecule has 0 aromatic heterocycles. The predicted octanol–water partition coefficient (Wildman–Crippen LogP) is 2.17. The van der Waals surface area contributed by atoms with Crippen molar-refractivity contribution in [1.29, 1.82) is 0 Å². The second-order valence-corrected chi connectivity index (χ2v) is 5.58. The van der Waals surface area contributed by atoms with Gasteiger partial charge in [0.2, 0.25) is 0 Å². The lowest BCUT2D eigenvalue weighted by atomic mass is 10.1. The summed E-state index contributed by atoms with van der Waals surface area (Å²) in [6.07, 6.45) is 5.00. The zero-order valence-electron chi connectivity index (χ0n) is 12.9. The number of ether oxygens (including phenoxy) is 1. The Bertz CT molecular complexity index is 375. The van der Waals surface area contributed by atoms with Crippen LogP contribution in [0.3, 0.4) is 0 Å². The standard InChI is InChI=1S/C17H28N2O2/c20-12-14-21-13-4-9-18-15-16-5-7-17(8-6-16)19-10-2-1-3-11-19/h5-8,18,20H,1-4,9-15H2. The molecule has 0 bridgehead atoms. The van der Waals surface area contributed by atoms with Crippen LogP contribution in [0.5, 0.6) is 0 Å². The number of aliphatic hydroxyl groups excluding tert-OH is 1. The van der Waals surface area contributed by atoms with E-state index in [0.717, 1.165) is 19.5 Å². The third-order valence-electron chi connectivity index (χ3n) is 3.86. The van der Waals surface area contributed by atoms with E-state index in [9.17, 15) is 0 Å². The first-order chi connectivity index (χ1) is 10.4. The summed E-state index contributed by atoms with van der Waals surface area (Å²) in [7, 11) is 0. The molecule has 4 heteroatoms. The predicted molar refractivity (Wildman–Crippen MR) is 86.7 cm³/mol. The van der Waals surface area contributed by atoms with Gasteiger partial charge < -0.3 is 20.1 Å². The Kier molecular flexibility index (Phi) is 7.57. The maximum atomic E-state index is 8.59. The van der Waals surface area contributed by atoms with Crippen molar-refractivity contribution in [3.8, 4) is 0 Å². The van der Waals surface area contributed by atoms with Crippen molar-refractivity contribution in [3.63, 3.8) is 0 Å². The molecule has 21 heavy (non-hydrogen) atoms. The Morgan fingerprint density at radius 2 is 1.81 bits per heavy atom. The second kappa shape index (κ2) is 9.77. The summed E-state index contributed by atoms with van der Waals surface area (Å²) < 4.78 is 5.22. The van der Waals surface area contributed by atoms with Crippen molar-refractivity contribution in [2.75, 3.05) is 44.4 Å². The van der Waals surface area contributed by atoms with Crippen LogP contribution in [0.15, 0.2) is 24.3 Å². The van der Waals surface area contributed by atoms with Gasteiger partial charge in [0, 0.05) is 31.9 Å². The Balaban J connectivity index is 1.63. The molecule has 0 saturated carbocycles. The van der Waals surface area contributed by atoms with Crippen LogP contribution in [0.1, 0.15) is 31.2 Å². The van der Waals surface area contributed by atoms with E-state index in [1.165, 1.54) is 43.6 Å². The van der Waals surface area contributed by atoms with Crippen molar-refractivity contribution in [3.05, 3.63) is 29.8 Å². The molecule has 0 aliphatic carbocycles. The molecule has 1 aliphatic rings. The van der Waals surface area contributed by atoms with E-state index < -0.39 is 0 Å². The van der Waals surface area contributed by atoms with Gasteiger partial charge in [-0.05, 0) is 49.9 Å². The van der Waals surface area contributed by atoms with Crippen LogP contribution in [0.4, 0.5) is 5.69 Å². The molecule has 1 saturated heterocycles. The molecule has 0 radical (unpaired) electrons. The number of piperidine rings is 1. The van der Waals surface area contributed by atoms with Gasteiger partial charge in [0.15, 0.2) is 0 Å². The van der Waals surface area contributed by atoms with Crippen LogP contribution in [-0.4, -0.2) is 44.6 Å². The molecule has 1 aromatic rings. The maximum Gasteiger partial charge on any atom is 0.0697 e. The number of rotatable bonds is 9. The van der Waals surface area contributed by atoms with E-state index in [1.54, 1.807) is 0 Å². The number of hydrogen-bond acceptors (Lipinski definition) is 4. The highest BCUT2D eigenvalue weighted by atomic mass is 16.5. The molecule has 1 fully saturated rings. The van der Waals surface area contributed by atoms with Crippen LogP contribution < -0.4 is 10.2 Å². The van der Waals surface area contributed by atoms with Crippen LogP contribution in [0.2, 0.25) is 0 Å². The Labute approximate surface area is 128 Å². The van der Waals surface area contributed by atoms with E-state index in [4.69, 9.17) is 9.84 Å². The zero-order chi connectivity index (χ0) is 14.8. The second-order valence-electron chi connectivity index (χ2n) is 5.58. The van der Waals surface area contributed by atoms with E-state index >= 15 is 0 Å². The van der Waals surface area contributed by atoms with Gasteiger partial charge in [0.05, 0.1) is 13.2 Å². The van der Waals surface area contributed by atoms with Gasteiger partial charge in [-0.25, -0.2) is 0 Å². The molecule has 2 rings (SSSR count). The highest BCUT2D eigenvalue weighted by Gasteiger charge is 2.10. The molecule has 1 aromatic carbocycles. The number of hydrogen-bond donors (Lipinski definition) is 2. The normalized spacial score (nSPS) is 15.4. The van der Waals surface area contributed by atoms with E-state index in [1.807, 2.05) is 0 Å². The largest absolute Gasteiger partial charge is 0.394 e. The number of aliphatic hydroxyl groups is 1. The first-order valence-electron chi connectivity index (χ1n) is 8.13. The smallest absolute Gasteiger partial charge is 0.0697 e.